The number of thioether (sulfide) groups is 1. The Balaban J connectivity index is 2.20. The molecule has 0 aliphatic rings. The standard InChI is InChI=1S/C13H19N3OS/c1-3-9(14)12(7-17)18-13-15-10-5-4-8(2)6-11(10)16-13/h4-6,9,12,17H,3,7,14H2,1-2H3,(H,15,16). The molecule has 0 amide bonds. The molecule has 4 nitrogen and oxygen atoms in total. The number of aromatic amines is 1. The molecule has 0 fully saturated rings. The maximum absolute atomic E-state index is 9.37. The van der Waals surface area contributed by atoms with Gasteiger partial charge in [0.2, 0.25) is 0 Å². The molecule has 5 heteroatoms. The Kier molecular flexibility index (Phi) is 4.27. The van der Waals surface area contributed by atoms with E-state index in [0.29, 0.717) is 0 Å². The number of benzene rings is 1. The highest BCUT2D eigenvalue weighted by atomic mass is 32.2. The van der Waals surface area contributed by atoms with Crippen molar-refractivity contribution in [2.75, 3.05) is 6.61 Å². The molecule has 0 aliphatic carbocycles. The third-order valence-corrected chi connectivity index (χ3v) is 4.23. The molecule has 1 aromatic carbocycles. The first kappa shape index (κ1) is 13.4. The lowest BCUT2D eigenvalue weighted by atomic mass is 10.2. The van der Waals surface area contributed by atoms with Gasteiger partial charge in [0.15, 0.2) is 5.16 Å². The molecule has 2 atom stereocenters. The van der Waals surface area contributed by atoms with E-state index in [1.54, 1.807) is 0 Å². The van der Waals surface area contributed by atoms with Crippen LogP contribution >= 0.6 is 11.8 Å². The fourth-order valence-corrected chi connectivity index (χ4v) is 2.87. The highest BCUT2D eigenvalue weighted by molar-refractivity contribution is 7.99. The topological polar surface area (TPSA) is 74.9 Å². The van der Waals surface area contributed by atoms with E-state index in [0.717, 1.165) is 22.6 Å². The second-order valence-corrected chi connectivity index (χ2v) is 5.70. The second kappa shape index (κ2) is 5.73. The first-order valence-electron chi connectivity index (χ1n) is 6.13. The average Bonchev–Trinajstić information content (AvgIpc) is 2.76. The minimum atomic E-state index is -0.0186. The highest BCUT2D eigenvalue weighted by Crippen LogP contribution is 2.25. The first-order valence-corrected chi connectivity index (χ1v) is 7.01. The fourth-order valence-electron chi connectivity index (χ4n) is 1.82. The molecule has 2 rings (SSSR count). The van der Waals surface area contributed by atoms with E-state index in [-0.39, 0.29) is 17.9 Å². The van der Waals surface area contributed by atoms with Gasteiger partial charge in [-0.2, -0.15) is 0 Å². The van der Waals surface area contributed by atoms with Crippen molar-refractivity contribution < 1.29 is 5.11 Å². The largest absolute Gasteiger partial charge is 0.395 e. The predicted molar refractivity (Wildman–Crippen MR) is 75.8 cm³/mol. The fraction of sp³-hybridized carbons (Fsp3) is 0.462. The lowest BCUT2D eigenvalue weighted by Gasteiger charge is -2.18. The summed E-state index contributed by atoms with van der Waals surface area (Å²) in [6.07, 6.45) is 0.845. The van der Waals surface area contributed by atoms with Crippen molar-refractivity contribution in [3.63, 3.8) is 0 Å². The van der Waals surface area contributed by atoms with E-state index in [2.05, 4.69) is 23.0 Å². The minimum Gasteiger partial charge on any atom is -0.395 e. The summed E-state index contributed by atoms with van der Waals surface area (Å²) >= 11 is 1.51. The van der Waals surface area contributed by atoms with Gasteiger partial charge in [0.1, 0.15) is 0 Å². The van der Waals surface area contributed by atoms with E-state index < -0.39 is 0 Å². The van der Waals surface area contributed by atoms with Crippen molar-refractivity contribution in [2.45, 2.75) is 36.7 Å². The summed E-state index contributed by atoms with van der Waals surface area (Å²) < 4.78 is 0. The number of nitrogens with zero attached hydrogens (tertiary/aromatic N) is 1. The van der Waals surface area contributed by atoms with Crippen LogP contribution in [0.4, 0.5) is 0 Å². The molecular weight excluding hydrogens is 246 g/mol. The van der Waals surface area contributed by atoms with Crippen LogP contribution in [0.2, 0.25) is 0 Å². The van der Waals surface area contributed by atoms with Gasteiger partial charge in [-0.1, -0.05) is 24.8 Å². The molecule has 1 heterocycles. The van der Waals surface area contributed by atoms with Gasteiger partial charge in [-0.3, -0.25) is 0 Å². The van der Waals surface area contributed by atoms with Crippen molar-refractivity contribution in [1.82, 2.24) is 9.97 Å². The Labute approximate surface area is 111 Å². The molecule has 0 saturated carbocycles. The maximum atomic E-state index is 9.37. The maximum Gasteiger partial charge on any atom is 0.166 e. The number of rotatable bonds is 5. The Morgan fingerprint density at radius 2 is 2.28 bits per heavy atom. The molecule has 0 aliphatic heterocycles. The van der Waals surface area contributed by atoms with Gasteiger partial charge in [0.05, 0.1) is 22.9 Å². The van der Waals surface area contributed by atoms with Gasteiger partial charge in [0, 0.05) is 6.04 Å². The molecule has 0 radical (unpaired) electrons. The van der Waals surface area contributed by atoms with Crippen LogP contribution in [0.1, 0.15) is 18.9 Å². The number of aliphatic hydroxyl groups excluding tert-OH is 1. The van der Waals surface area contributed by atoms with Crippen molar-refractivity contribution in [1.29, 1.82) is 0 Å². The summed E-state index contributed by atoms with van der Waals surface area (Å²) in [6.45, 7) is 4.14. The zero-order valence-corrected chi connectivity index (χ0v) is 11.5. The first-order chi connectivity index (χ1) is 8.63. The summed E-state index contributed by atoms with van der Waals surface area (Å²) in [7, 11) is 0. The summed E-state index contributed by atoms with van der Waals surface area (Å²) in [5, 5.41) is 10.2. The van der Waals surface area contributed by atoms with E-state index in [1.807, 2.05) is 19.1 Å². The molecule has 2 unspecified atom stereocenters. The third-order valence-electron chi connectivity index (χ3n) is 3.01. The van der Waals surface area contributed by atoms with Crippen molar-refractivity contribution in [2.24, 2.45) is 5.73 Å². The summed E-state index contributed by atoms with van der Waals surface area (Å²) in [5.74, 6) is 0. The second-order valence-electron chi connectivity index (χ2n) is 4.47. The number of aliphatic hydroxyl groups is 1. The molecule has 98 valence electrons. The average molecular weight is 265 g/mol. The number of nitrogens with one attached hydrogen (secondary N) is 1. The van der Waals surface area contributed by atoms with Crippen LogP contribution in [0.5, 0.6) is 0 Å². The van der Waals surface area contributed by atoms with Gasteiger partial charge in [-0.05, 0) is 31.0 Å². The third kappa shape index (κ3) is 2.85. The van der Waals surface area contributed by atoms with Crippen LogP contribution in [0, 0.1) is 6.92 Å². The number of aryl methyl sites for hydroxylation is 1. The number of fused-ring (bicyclic) bond motifs is 1. The summed E-state index contributed by atoms with van der Waals surface area (Å²) in [5.41, 5.74) is 9.15. The lowest BCUT2D eigenvalue weighted by Crippen LogP contribution is -2.34. The molecule has 4 N–H and O–H groups in total. The van der Waals surface area contributed by atoms with Crippen molar-refractivity contribution >= 4 is 22.8 Å². The number of imidazole rings is 1. The van der Waals surface area contributed by atoms with Crippen molar-refractivity contribution in [3.8, 4) is 0 Å². The number of hydrogen-bond acceptors (Lipinski definition) is 4. The van der Waals surface area contributed by atoms with E-state index in [4.69, 9.17) is 5.73 Å². The molecule has 1 aromatic heterocycles. The predicted octanol–water partition coefficient (Wildman–Crippen LogP) is 2.06. The van der Waals surface area contributed by atoms with Crippen molar-refractivity contribution in [3.05, 3.63) is 23.8 Å². The number of H-pyrrole nitrogens is 1. The van der Waals surface area contributed by atoms with Crippen LogP contribution in [0.15, 0.2) is 23.4 Å². The Morgan fingerprint density at radius 3 is 2.94 bits per heavy atom. The molecule has 0 saturated heterocycles. The minimum absolute atomic E-state index is 0.0170. The van der Waals surface area contributed by atoms with Crippen LogP contribution in [0.25, 0.3) is 11.0 Å². The monoisotopic (exact) mass is 265 g/mol. The van der Waals surface area contributed by atoms with Crippen LogP contribution in [0.3, 0.4) is 0 Å². The normalized spacial score (nSPS) is 14.9. The van der Waals surface area contributed by atoms with Gasteiger partial charge >= 0.3 is 0 Å². The lowest BCUT2D eigenvalue weighted by molar-refractivity contribution is 0.281. The molecule has 0 spiro atoms. The van der Waals surface area contributed by atoms with Gasteiger partial charge in [-0.15, -0.1) is 0 Å². The van der Waals surface area contributed by atoms with Gasteiger partial charge in [0.25, 0.3) is 0 Å². The van der Waals surface area contributed by atoms with Crippen LogP contribution in [-0.2, 0) is 0 Å². The molecule has 0 bridgehead atoms. The van der Waals surface area contributed by atoms with Crippen LogP contribution < -0.4 is 5.73 Å². The molecule has 18 heavy (non-hydrogen) atoms. The van der Waals surface area contributed by atoms with Crippen LogP contribution in [-0.4, -0.2) is 33.0 Å². The quantitative estimate of drug-likeness (QED) is 0.723. The Hall–Kier alpha value is -1.04. The number of hydrogen-bond donors (Lipinski definition) is 3. The van der Waals surface area contributed by atoms with E-state index in [9.17, 15) is 5.11 Å². The molecular formula is C13H19N3OS. The van der Waals surface area contributed by atoms with Gasteiger partial charge < -0.3 is 15.8 Å². The van der Waals surface area contributed by atoms with E-state index in [1.165, 1.54) is 17.3 Å². The SMILES string of the molecule is CCC(N)C(CO)Sc1nc2ccc(C)cc2[nH]1. The summed E-state index contributed by atoms with van der Waals surface area (Å²) in [4.78, 5) is 7.76. The Morgan fingerprint density at radius 1 is 1.50 bits per heavy atom. The highest BCUT2D eigenvalue weighted by Gasteiger charge is 2.18. The van der Waals surface area contributed by atoms with E-state index >= 15 is 0 Å². The molecule has 2 aromatic rings. The van der Waals surface area contributed by atoms with Gasteiger partial charge in [-0.25, -0.2) is 4.98 Å². The smallest absolute Gasteiger partial charge is 0.166 e. The zero-order chi connectivity index (χ0) is 13.1. The number of nitrogens with two attached hydrogens (primary N) is 1. The zero-order valence-electron chi connectivity index (χ0n) is 10.7. The summed E-state index contributed by atoms with van der Waals surface area (Å²) in [6, 6.07) is 6.09. The number of aromatic nitrogens is 2. The Bertz CT molecular complexity index is 526.